The minimum Gasteiger partial charge on any atom is -0.465 e. The zero-order valence-electron chi connectivity index (χ0n) is 40.9. The van der Waals surface area contributed by atoms with Crippen molar-refractivity contribution in [3.8, 4) is 0 Å². The van der Waals surface area contributed by atoms with Crippen LogP contribution in [0, 0.1) is 0 Å². The van der Waals surface area contributed by atoms with Crippen molar-refractivity contribution in [3.05, 3.63) is 0 Å². The predicted octanol–water partition coefficient (Wildman–Crippen LogP) is 14.2. The standard InChI is InChI=1S/C52H102N2O6/c1-7-11-15-19-24-30-37-47(38-31-25-20-16-12-8-2)59-52(40-33-27-21-17-13-9-3,41-34-28-22-18-14-10-4)60-50(55)39-32-26-23-29-35-43-58-51(56)49-45-48(46-53-49)57-44-36-42-54(5)6/h47-49,53H,7-46H2,1-6H3/t48?,49-/m0/s1. The summed E-state index contributed by atoms with van der Waals surface area (Å²) in [6.45, 7) is 12.0. The molecule has 1 aliphatic rings. The first kappa shape index (κ1) is 56.8. The van der Waals surface area contributed by atoms with Gasteiger partial charge in [-0.15, -0.1) is 0 Å². The Labute approximate surface area is 372 Å². The maximum Gasteiger partial charge on any atom is 0.323 e. The number of esters is 2. The SMILES string of the molecule is CCCCCCCCC(CCCCCCCC)OC(CCCCCCCC)(CCCCCCCC)OC(=O)CCCCCCCOC(=O)[C@@H]1CC(OCCCN(C)C)CN1. The van der Waals surface area contributed by atoms with E-state index in [1.807, 2.05) is 0 Å². The number of nitrogens with zero attached hydrogens (tertiary/aromatic N) is 1. The van der Waals surface area contributed by atoms with Gasteiger partial charge in [-0.1, -0.05) is 188 Å². The summed E-state index contributed by atoms with van der Waals surface area (Å²) in [4.78, 5) is 28.6. The van der Waals surface area contributed by atoms with E-state index in [1.165, 1.54) is 141 Å². The summed E-state index contributed by atoms with van der Waals surface area (Å²) in [5, 5.41) is 3.28. The molecular weight excluding hydrogens is 749 g/mol. The number of carbonyl (C=O) groups excluding carboxylic acids is 2. The molecule has 356 valence electrons. The Bertz CT molecular complexity index is 931. The lowest BCUT2D eigenvalue weighted by Gasteiger charge is -2.37. The van der Waals surface area contributed by atoms with E-state index in [1.54, 1.807) is 0 Å². The summed E-state index contributed by atoms with van der Waals surface area (Å²) in [7, 11) is 4.14. The van der Waals surface area contributed by atoms with Gasteiger partial charge in [0.2, 0.25) is 5.79 Å². The summed E-state index contributed by atoms with van der Waals surface area (Å²) in [6.07, 6.45) is 40.9. The molecule has 0 aliphatic carbocycles. The third-order valence-electron chi connectivity index (χ3n) is 12.5. The van der Waals surface area contributed by atoms with Gasteiger partial charge in [0, 0.05) is 38.8 Å². The molecule has 0 saturated carbocycles. The van der Waals surface area contributed by atoms with E-state index in [0.29, 0.717) is 26.0 Å². The predicted molar refractivity (Wildman–Crippen MR) is 254 cm³/mol. The Kier molecular flexibility index (Phi) is 38.4. The lowest BCUT2D eigenvalue weighted by Crippen LogP contribution is -2.42. The number of unbranched alkanes of at least 4 members (excludes halogenated alkanes) is 24. The molecule has 0 aromatic rings. The molecule has 8 heteroatoms. The molecule has 0 radical (unpaired) electrons. The third kappa shape index (κ3) is 32.5. The summed E-state index contributed by atoms with van der Waals surface area (Å²) in [5.74, 6) is -1.05. The van der Waals surface area contributed by atoms with E-state index in [0.717, 1.165) is 90.2 Å². The van der Waals surface area contributed by atoms with Gasteiger partial charge in [-0.2, -0.15) is 0 Å². The van der Waals surface area contributed by atoms with Crippen LogP contribution in [-0.4, -0.2) is 81.3 Å². The quantitative estimate of drug-likeness (QED) is 0.0368. The molecule has 2 atom stereocenters. The fourth-order valence-electron chi connectivity index (χ4n) is 8.66. The summed E-state index contributed by atoms with van der Waals surface area (Å²) < 4.78 is 25.5. The second-order valence-electron chi connectivity index (χ2n) is 18.8. The summed E-state index contributed by atoms with van der Waals surface area (Å²) in [5.41, 5.74) is 0. The molecule has 0 amide bonds. The second kappa shape index (κ2) is 40.5. The molecule has 1 unspecified atom stereocenters. The maximum absolute atomic E-state index is 13.8. The molecule has 0 aromatic heterocycles. The number of hydrogen-bond donors (Lipinski definition) is 1. The van der Waals surface area contributed by atoms with Crippen LogP contribution >= 0.6 is 0 Å². The Morgan fingerprint density at radius 2 is 1.05 bits per heavy atom. The van der Waals surface area contributed by atoms with E-state index < -0.39 is 5.79 Å². The van der Waals surface area contributed by atoms with E-state index >= 15 is 0 Å². The van der Waals surface area contributed by atoms with E-state index in [9.17, 15) is 9.59 Å². The van der Waals surface area contributed by atoms with E-state index in [2.05, 4.69) is 52.0 Å². The van der Waals surface area contributed by atoms with E-state index in [-0.39, 0.29) is 30.2 Å². The van der Waals surface area contributed by atoms with Crippen LogP contribution in [0.15, 0.2) is 0 Å². The zero-order chi connectivity index (χ0) is 43.8. The fraction of sp³-hybridized carbons (Fsp3) is 0.962. The Morgan fingerprint density at radius 1 is 0.583 bits per heavy atom. The zero-order valence-corrected chi connectivity index (χ0v) is 40.9. The number of hydrogen-bond acceptors (Lipinski definition) is 8. The molecule has 1 saturated heterocycles. The average Bonchev–Trinajstić information content (AvgIpc) is 3.71. The third-order valence-corrected chi connectivity index (χ3v) is 12.5. The van der Waals surface area contributed by atoms with Crippen LogP contribution in [0.4, 0.5) is 0 Å². The van der Waals surface area contributed by atoms with Gasteiger partial charge in [0.25, 0.3) is 0 Å². The van der Waals surface area contributed by atoms with Gasteiger partial charge in [-0.25, -0.2) is 0 Å². The van der Waals surface area contributed by atoms with E-state index in [4.69, 9.17) is 18.9 Å². The van der Waals surface area contributed by atoms with Crippen LogP contribution in [0.5, 0.6) is 0 Å². The van der Waals surface area contributed by atoms with Gasteiger partial charge in [-0.3, -0.25) is 9.59 Å². The number of carbonyl (C=O) groups is 2. The Hall–Kier alpha value is -1.22. The average molecular weight is 851 g/mol. The van der Waals surface area contributed by atoms with Crippen LogP contribution < -0.4 is 5.32 Å². The number of rotatable bonds is 45. The molecule has 8 nitrogen and oxygen atoms in total. The Morgan fingerprint density at radius 3 is 1.57 bits per heavy atom. The van der Waals surface area contributed by atoms with Crippen LogP contribution in [0.2, 0.25) is 0 Å². The van der Waals surface area contributed by atoms with Crippen LogP contribution in [0.3, 0.4) is 0 Å². The minimum absolute atomic E-state index is 0.0795. The molecule has 1 fully saturated rings. The summed E-state index contributed by atoms with van der Waals surface area (Å²) >= 11 is 0. The minimum atomic E-state index is -0.808. The lowest BCUT2D eigenvalue weighted by atomic mass is 9.97. The molecular formula is C52H102N2O6. The molecule has 60 heavy (non-hydrogen) atoms. The highest BCUT2D eigenvalue weighted by molar-refractivity contribution is 5.76. The highest BCUT2D eigenvalue weighted by atomic mass is 16.7. The monoisotopic (exact) mass is 851 g/mol. The largest absolute Gasteiger partial charge is 0.465 e. The lowest BCUT2D eigenvalue weighted by molar-refractivity contribution is -0.259. The maximum atomic E-state index is 13.8. The van der Waals surface area contributed by atoms with Crippen LogP contribution in [0.25, 0.3) is 0 Å². The molecule has 1 N–H and O–H groups in total. The molecule has 0 aromatic carbocycles. The molecule has 0 bridgehead atoms. The van der Waals surface area contributed by atoms with Crippen LogP contribution in [0.1, 0.15) is 259 Å². The van der Waals surface area contributed by atoms with Crippen molar-refractivity contribution in [3.63, 3.8) is 0 Å². The molecule has 0 spiro atoms. The first-order chi connectivity index (χ1) is 29.3. The van der Waals surface area contributed by atoms with Gasteiger partial charge in [0.1, 0.15) is 6.04 Å². The topological polar surface area (TPSA) is 86.3 Å². The van der Waals surface area contributed by atoms with Gasteiger partial charge in [0.05, 0.1) is 18.8 Å². The highest BCUT2D eigenvalue weighted by Gasteiger charge is 2.37. The van der Waals surface area contributed by atoms with Crippen LogP contribution in [-0.2, 0) is 28.5 Å². The van der Waals surface area contributed by atoms with Crippen molar-refractivity contribution < 1.29 is 28.5 Å². The number of nitrogens with one attached hydrogen (secondary N) is 1. The first-order valence-corrected chi connectivity index (χ1v) is 26.3. The van der Waals surface area contributed by atoms with Crippen molar-refractivity contribution in [2.75, 3.05) is 40.4 Å². The molecule has 1 heterocycles. The normalized spacial score (nSPS) is 15.7. The highest BCUT2D eigenvalue weighted by Crippen LogP contribution is 2.34. The van der Waals surface area contributed by atoms with Gasteiger partial charge in [-0.05, 0) is 65.6 Å². The van der Waals surface area contributed by atoms with Gasteiger partial charge < -0.3 is 29.2 Å². The van der Waals surface area contributed by atoms with Gasteiger partial charge in [0.15, 0.2) is 0 Å². The second-order valence-corrected chi connectivity index (χ2v) is 18.8. The first-order valence-electron chi connectivity index (χ1n) is 26.3. The summed E-state index contributed by atoms with van der Waals surface area (Å²) in [6, 6.07) is -0.269. The Balaban J connectivity index is 2.78. The fourth-order valence-corrected chi connectivity index (χ4v) is 8.66. The smallest absolute Gasteiger partial charge is 0.323 e. The van der Waals surface area contributed by atoms with Crippen molar-refractivity contribution in [1.82, 2.24) is 10.2 Å². The van der Waals surface area contributed by atoms with Crippen molar-refractivity contribution >= 4 is 11.9 Å². The number of ether oxygens (including phenoxy) is 4. The van der Waals surface area contributed by atoms with Crippen molar-refractivity contribution in [1.29, 1.82) is 0 Å². The molecule has 1 aliphatic heterocycles. The van der Waals surface area contributed by atoms with Crippen molar-refractivity contribution in [2.24, 2.45) is 0 Å². The van der Waals surface area contributed by atoms with Crippen molar-refractivity contribution in [2.45, 2.75) is 283 Å². The van der Waals surface area contributed by atoms with Gasteiger partial charge >= 0.3 is 11.9 Å². The molecule has 1 rings (SSSR count).